The van der Waals surface area contributed by atoms with Gasteiger partial charge in [-0.15, -0.1) is 0 Å². The monoisotopic (exact) mass is 674 g/mol. The second-order valence-electron chi connectivity index (χ2n) is 12.2. The largest absolute Gasteiger partial charge is 0.439 e. The second kappa shape index (κ2) is 14.8. The van der Waals surface area contributed by atoms with Crippen molar-refractivity contribution in [3.05, 3.63) is 102 Å². The number of carbonyl (C=O) groups excluding carboxylic acids is 1. The molecular formula is C35H39FN6O5S. The summed E-state index contributed by atoms with van der Waals surface area (Å²) < 4.78 is 47.4. The molecule has 2 aliphatic rings. The van der Waals surface area contributed by atoms with Crippen LogP contribution in [0.2, 0.25) is 0 Å². The Bertz CT molecular complexity index is 1790. The van der Waals surface area contributed by atoms with Gasteiger partial charge in [0.05, 0.1) is 22.9 Å². The number of anilines is 2. The molecule has 2 saturated heterocycles. The quantitative estimate of drug-likeness (QED) is 0.236. The van der Waals surface area contributed by atoms with Gasteiger partial charge in [-0.1, -0.05) is 12.1 Å². The van der Waals surface area contributed by atoms with Crippen LogP contribution in [0.5, 0.6) is 11.6 Å². The normalized spacial score (nSPS) is 16.8. The van der Waals surface area contributed by atoms with Crippen LogP contribution in [0.3, 0.4) is 0 Å². The molecule has 2 aromatic heterocycles. The highest BCUT2D eigenvalue weighted by Crippen LogP contribution is 2.28. The lowest BCUT2D eigenvalue weighted by atomic mass is 10.0. The minimum absolute atomic E-state index is 0.121. The smallest absolute Gasteiger partial charge is 0.326 e. The zero-order valence-corrected chi connectivity index (χ0v) is 27.5. The average Bonchev–Trinajstić information content (AvgIpc) is 3.08. The number of sulfonamides is 1. The molecule has 2 amide bonds. The van der Waals surface area contributed by atoms with Gasteiger partial charge in [-0.2, -0.15) is 4.31 Å². The van der Waals surface area contributed by atoms with Crippen molar-refractivity contribution in [1.29, 1.82) is 0 Å². The molecule has 0 saturated carbocycles. The van der Waals surface area contributed by atoms with Crippen molar-refractivity contribution >= 4 is 27.4 Å². The van der Waals surface area contributed by atoms with Gasteiger partial charge in [0, 0.05) is 62.4 Å². The van der Waals surface area contributed by atoms with Crippen LogP contribution in [-0.2, 0) is 16.6 Å². The molecule has 2 aliphatic heterocycles. The number of pyridine rings is 2. The number of halogens is 1. The number of benzene rings is 2. The molecule has 6 rings (SSSR count). The summed E-state index contributed by atoms with van der Waals surface area (Å²) in [4.78, 5) is 26.3. The Hall–Kier alpha value is -4.43. The topological polar surface area (TPSA) is 128 Å². The number of aryl methyl sites for hydroxylation is 1. The minimum atomic E-state index is -3.63. The lowest BCUT2D eigenvalue weighted by molar-refractivity contribution is 0.113. The molecule has 252 valence electrons. The van der Waals surface area contributed by atoms with E-state index in [-0.39, 0.29) is 17.0 Å². The predicted molar refractivity (Wildman–Crippen MR) is 180 cm³/mol. The highest BCUT2D eigenvalue weighted by molar-refractivity contribution is 7.89. The number of hydrogen-bond donors (Lipinski definition) is 2. The van der Waals surface area contributed by atoms with E-state index in [2.05, 4.69) is 20.2 Å². The lowest BCUT2D eigenvalue weighted by Crippen LogP contribution is -2.49. The molecular weight excluding hydrogens is 635 g/mol. The van der Waals surface area contributed by atoms with E-state index >= 15 is 0 Å². The van der Waals surface area contributed by atoms with E-state index in [1.807, 2.05) is 19.1 Å². The highest BCUT2D eigenvalue weighted by Gasteiger charge is 2.31. The fraction of sp³-hybridized carbons (Fsp3) is 0.343. The third kappa shape index (κ3) is 8.16. The maximum absolute atomic E-state index is 14.2. The van der Waals surface area contributed by atoms with E-state index in [1.54, 1.807) is 53.7 Å². The first-order valence-corrected chi connectivity index (χ1v) is 17.5. The summed E-state index contributed by atoms with van der Waals surface area (Å²) in [6, 6.07) is 19.3. The highest BCUT2D eigenvalue weighted by atomic mass is 32.2. The van der Waals surface area contributed by atoms with Crippen LogP contribution in [0.15, 0.2) is 90.1 Å². The first-order valence-electron chi connectivity index (χ1n) is 16.1. The van der Waals surface area contributed by atoms with E-state index in [1.165, 1.54) is 28.6 Å². The summed E-state index contributed by atoms with van der Waals surface area (Å²) in [5.74, 6) is 0.453. The number of piperidine rings is 2. The van der Waals surface area contributed by atoms with Crippen LogP contribution in [0, 0.1) is 12.7 Å². The third-order valence-electron chi connectivity index (χ3n) is 8.70. The van der Waals surface area contributed by atoms with Crippen LogP contribution >= 0.6 is 0 Å². The van der Waals surface area contributed by atoms with E-state index in [0.29, 0.717) is 68.3 Å². The number of urea groups is 1. The molecule has 2 fully saturated rings. The molecule has 2 N–H and O–H groups in total. The van der Waals surface area contributed by atoms with Crippen molar-refractivity contribution in [2.45, 2.75) is 56.2 Å². The summed E-state index contributed by atoms with van der Waals surface area (Å²) in [7, 11) is -3.63. The first-order chi connectivity index (χ1) is 23.1. The molecule has 0 atom stereocenters. The molecule has 4 aromatic rings. The Kier molecular flexibility index (Phi) is 10.3. The summed E-state index contributed by atoms with van der Waals surface area (Å²) in [6.45, 7) is 4.61. The Morgan fingerprint density at radius 1 is 0.958 bits per heavy atom. The van der Waals surface area contributed by atoms with Gasteiger partial charge in [0.2, 0.25) is 15.9 Å². The maximum atomic E-state index is 14.2. The molecule has 0 radical (unpaired) electrons. The van der Waals surface area contributed by atoms with Crippen molar-refractivity contribution in [2.75, 3.05) is 36.4 Å². The first kappa shape index (κ1) is 33.5. The number of rotatable bonds is 9. The number of aliphatic hydroxyl groups excluding tert-OH is 1. The molecule has 0 aliphatic carbocycles. The number of aliphatic hydroxyl groups is 1. The zero-order valence-electron chi connectivity index (χ0n) is 26.7. The molecule has 0 unspecified atom stereocenters. The van der Waals surface area contributed by atoms with Crippen LogP contribution in [0.25, 0.3) is 0 Å². The predicted octanol–water partition coefficient (Wildman–Crippen LogP) is 5.56. The third-order valence-corrected chi connectivity index (χ3v) is 10.6. The molecule has 0 bridgehead atoms. The number of carbonyl (C=O) groups is 1. The van der Waals surface area contributed by atoms with Crippen LogP contribution < -0.4 is 15.0 Å². The standard InChI is InChI=1S/C35H39FN6O5S/c1-25-5-7-28(23-37-25)39-35(44)42(30-4-2-3-27(36)21-30)29-13-17-40(18-14-29)24-26-6-12-34(38-22-26)47-32-8-10-33(11-9-32)48(45,46)41-19-15-31(43)16-20-41/h2-12,21-23,29,31,43H,13-20,24H2,1H3,(H,39,44). The fourth-order valence-electron chi connectivity index (χ4n) is 6.04. The fourth-order valence-corrected chi connectivity index (χ4v) is 7.51. The number of hydrogen-bond acceptors (Lipinski definition) is 8. The second-order valence-corrected chi connectivity index (χ2v) is 14.1. The van der Waals surface area contributed by atoms with Gasteiger partial charge in [0.25, 0.3) is 0 Å². The number of amides is 2. The SMILES string of the molecule is Cc1ccc(NC(=O)N(c2cccc(F)c2)C2CCN(Cc3ccc(Oc4ccc(S(=O)(=O)N5CCC(O)CC5)cc4)nc3)CC2)cn1. The average molecular weight is 675 g/mol. The van der Waals surface area contributed by atoms with Gasteiger partial charge < -0.3 is 15.2 Å². The maximum Gasteiger partial charge on any atom is 0.326 e. The van der Waals surface area contributed by atoms with Gasteiger partial charge in [0.1, 0.15) is 11.6 Å². The molecule has 13 heteroatoms. The summed E-state index contributed by atoms with van der Waals surface area (Å²) in [5, 5.41) is 12.6. The summed E-state index contributed by atoms with van der Waals surface area (Å²) in [6.07, 6.45) is 5.19. The van der Waals surface area contributed by atoms with Gasteiger partial charge in [0.15, 0.2) is 0 Å². The molecule has 48 heavy (non-hydrogen) atoms. The number of likely N-dealkylation sites (tertiary alicyclic amines) is 1. The van der Waals surface area contributed by atoms with Crippen LogP contribution in [0.4, 0.5) is 20.6 Å². The summed E-state index contributed by atoms with van der Waals surface area (Å²) in [5.41, 5.74) is 2.92. The van der Waals surface area contributed by atoms with E-state index in [0.717, 1.165) is 24.3 Å². The Morgan fingerprint density at radius 2 is 1.71 bits per heavy atom. The summed E-state index contributed by atoms with van der Waals surface area (Å²) >= 11 is 0. The van der Waals surface area contributed by atoms with Crippen molar-refractivity contribution in [3.63, 3.8) is 0 Å². The zero-order chi connectivity index (χ0) is 33.7. The van der Waals surface area contributed by atoms with Crippen molar-refractivity contribution < 1.29 is 27.4 Å². The molecule has 11 nitrogen and oxygen atoms in total. The molecule has 2 aromatic carbocycles. The van der Waals surface area contributed by atoms with Gasteiger partial charge in [-0.05, 0) is 92.8 Å². The molecule has 4 heterocycles. The van der Waals surface area contributed by atoms with E-state index in [4.69, 9.17) is 4.74 Å². The van der Waals surface area contributed by atoms with Gasteiger partial charge in [-0.25, -0.2) is 22.6 Å². The van der Waals surface area contributed by atoms with Crippen LogP contribution in [0.1, 0.15) is 36.9 Å². The number of nitrogens with zero attached hydrogens (tertiary/aromatic N) is 5. The van der Waals surface area contributed by atoms with Gasteiger partial charge in [-0.3, -0.25) is 14.8 Å². The molecule has 0 spiro atoms. The Labute approximate surface area is 280 Å². The van der Waals surface area contributed by atoms with Gasteiger partial charge >= 0.3 is 6.03 Å². The van der Waals surface area contributed by atoms with Crippen molar-refractivity contribution in [1.82, 2.24) is 19.2 Å². The van der Waals surface area contributed by atoms with Crippen molar-refractivity contribution in [2.24, 2.45) is 0 Å². The lowest BCUT2D eigenvalue weighted by Gasteiger charge is -2.38. The Balaban J connectivity index is 1.03. The van der Waals surface area contributed by atoms with E-state index in [9.17, 15) is 22.7 Å². The van der Waals surface area contributed by atoms with Crippen molar-refractivity contribution in [3.8, 4) is 11.6 Å². The van der Waals surface area contributed by atoms with Crippen LogP contribution in [-0.4, -0.2) is 77.1 Å². The number of nitrogens with one attached hydrogen (secondary N) is 1. The minimum Gasteiger partial charge on any atom is -0.439 e. The number of aromatic nitrogens is 2. The van der Waals surface area contributed by atoms with E-state index < -0.39 is 21.9 Å². The Morgan fingerprint density at radius 3 is 2.35 bits per heavy atom. The number of ether oxygens (including phenoxy) is 1.